The van der Waals surface area contributed by atoms with E-state index in [1.54, 1.807) is 12.3 Å². The fourth-order valence-electron chi connectivity index (χ4n) is 1.85. The van der Waals surface area contributed by atoms with E-state index in [0.717, 1.165) is 23.5 Å². The van der Waals surface area contributed by atoms with Crippen LogP contribution in [0.1, 0.15) is 36.9 Å². The van der Waals surface area contributed by atoms with Gasteiger partial charge in [-0.1, -0.05) is 13.0 Å². The zero-order valence-corrected chi connectivity index (χ0v) is 12.5. The minimum absolute atomic E-state index is 0.137. The largest absolute Gasteiger partial charge is 0.483 e. The Labute approximate surface area is 122 Å². The molecule has 3 nitrogen and oxygen atoms in total. The van der Waals surface area contributed by atoms with Gasteiger partial charge in [-0.25, -0.2) is 9.37 Å². The van der Waals surface area contributed by atoms with Crippen molar-refractivity contribution >= 4 is 11.3 Å². The Bertz CT molecular complexity index is 531. The van der Waals surface area contributed by atoms with E-state index in [-0.39, 0.29) is 17.6 Å². The first kappa shape index (κ1) is 14.9. The van der Waals surface area contributed by atoms with Gasteiger partial charge in [0.1, 0.15) is 11.6 Å². The first-order valence-electron chi connectivity index (χ1n) is 6.74. The summed E-state index contributed by atoms with van der Waals surface area (Å²) in [5.74, 6) is -0.0594. The van der Waals surface area contributed by atoms with Crippen molar-refractivity contribution in [2.24, 2.45) is 0 Å². The van der Waals surface area contributed by atoms with Gasteiger partial charge in [0.25, 0.3) is 0 Å². The Morgan fingerprint density at radius 2 is 2.30 bits per heavy atom. The molecule has 20 heavy (non-hydrogen) atoms. The standard InChI is InChI=1S/C15H19FN2OS/c1-3-6-17-11(2)12-4-5-14(13(16)9-12)19-10-15-18-7-8-20-15/h4-5,7-9,11,17H,3,6,10H2,1-2H3. The third-order valence-corrected chi connectivity index (χ3v) is 3.74. The molecule has 1 atom stereocenters. The molecule has 1 heterocycles. The maximum absolute atomic E-state index is 14.0. The van der Waals surface area contributed by atoms with E-state index in [9.17, 15) is 4.39 Å². The topological polar surface area (TPSA) is 34.1 Å². The molecule has 1 aromatic carbocycles. The van der Waals surface area contributed by atoms with Crippen molar-refractivity contribution in [3.8, 4) is 5.75 Å². The molecule has 5 heteroatoms. The number of nitrogens with zero attached hydrogens (tertiary/aromatic N) is 1. The van der Waals surface area contributed by atoms with Gasteiger partial charge in [0.15, 0.2) is 11.6 Å². The summed E-state index contributed by atoms with van der Waals surface area (Å²) in [4.78, 5) is 4.10. The minimum atomic E-state index is -0.329. The molecule has 0 saturated heterocycles. The summed E-state index contributed by atoms with van der Waals surface area (Å²) in [7, 11) is 0. The van der Waals surface area contributed by atoms with E-state index in [2.05, 4.69) is 17.2 Å². The smallest absolute Gasteiger partial charge is 0.165 e. The molecule has 0 bridgehead atoms. The molecule has 1 unspecified atom stereocenters. The van der Waals surface area contributed by atoms with Crippen LogP contribution in [0.15, 0.2) is 29.8 Å². The Balaban J connectivity index is 1.98. The Morgan fingerprint density at radius 1 is 1.45 bits per heavy atom. The van der Waals surface area contributed by atoms with Crippen LogP contribution in [0.5, 0.6) is 5.75 Å². The van der Waals surface area contributed by atoms with Crippen molar-refractivity contribution in [3.05, 3.63) is 46.2 Å². The van der Waals surface area contributed by atoms with Crippen LogP contribution >= 0.6 is 11.3 Å². The van der Waals surface area contributed by atoms with Gasteiger partial charge in [-0.2, -0.15) is 0 Å². The van der Waals surface area contributed by atoms with Crippen molar-refractivity contribution in [1.29, 1.82) is 0 Å². The van der Waals surface area contributed by atoms with Gasteiger partial charge in [-0.3, -0.25) is 0 Å². The van der Waals surface area contributed by atoms with E-state index in [0.29, 0.717) is 6.61 Å². The zero-order chi connectivity index (χ0) is 14.4. The van der Waals surface area contributed by atoms with Crippen molar-refractivity contribution in [2.75, 3.05) is 6.54 Å². The average Bonchev–Trinajstić information content (AvgIpc) is 2.96. The predicted molar refractivity (Wildman–Crippen MR) is 79.6 cm³/mol. The van der Waals surface area contributed by atoms with Crippen LogP contribution in [0.3, 0.4) is 0 Å². The summed E-state index contributed by atoms with van der Waals surface area (Å²) in [5, 5.41) is 6.05. The number of nitrogens with one attached hydrogen (secondary N) is 1. The highest BCUT2D eigenvalue weighted by Gasteiger charge is 2.10. The molecule has 0 aliphatic heterocycles. The van der Waals surface area contributed by atoms with Crippen LogP contribution in [0, 0.1) is 5.82 Å². The molecule has 0 radical (unpaired) electrons. The maximum Gasteiger partial charge on any atom is 0.165 e. The van der Waals surface area contributed by atoms with Crippen LogP contribution in [0.25, 0.3) is 0 Å². The molecule has 0 fully saturated rings. The summed E-state index contributed by atoms with van der Waals surface area (Å²) in [6, 6.07) is 5.25. The molecule has 2 rings (SSSR count). The molecule has 0 aliphatic carbocycles. The number of hydrogen-bond acceptors (Lipinski definition) is 4. The van der Waals surface area contributed by atoms with Crippen molar-refractivity contribution in [3.63, 3.8) is 0 Å². The fourth-order valence-corrected chi connectivity index (χ4v) is 2.37. The molecule has 1 aromatic heterocycles. The normalized spacial score (nSPS) is 12.3. The lowest BCUT2D eigenvalue weighted by Gasteiger charge is -2.14. The summed E-state index contributed by atoms with van der Waals surface area (Å²) in [6.07, 6.45) is 2.77. The van der Waals surface area contributed by atoms with E-state index in [4.69, 9.17) is 4.74 Å². The van der Waals surface area contributed by atoms with Crippen LogP contribution in [-0.4, -0.2) is 11.5 Å². The quantitative estimate of drug-likeness (QED) is 0.840. The molecule has 0 amide bonds. The lowest BCUT2D eigenvalue weighted by atomic mass is 10.1. The summed E-state index contributed by atoms with van der Waals surface area (Å²) >= 11 is 1.50. The van der Waals surface area contributed by atoms with Gasteiger partial charge < -0.3 is 10.1 Å². The Kier molecular flexibility index (Phi) is 5.49. The first-order valence-corrected chi connectivity index (χ1v) is 7.62. The van der Waals surface area contributed by atoms with E-state index >= 15 is 0 Å². The third kappa shape index (κ3) is 4.02. The number of hydrogen-bond donors (Lipinski definition) is 1. The van der Waals surface area contributed by atoms with E-state index < -0.39 is 0 Å². The Hall–Kier alpha value is -1.46. The SMILES string of the molecule is CCCNC(C)c1ccc(OCc2nccs2)c(F)c1. The molecular weight excluding hydrogens is 275 g/mol. The van der Waals surface area contributed by atoms with E-state index in [1.807, 2.05) is 18.4 Å². The first-order chi connectivity index (χ1) is 9.70. The summed E-state index contributed by atoms with van der Waals surface area (Å²) in [6.45, 7) is 5.36. The second-order valence-electron chi connectivity index (χ2n) is 4.58. The molecule has 108 valence electrons. The lowest BCUT2D eigenvalue weighted by molar-refractivity contribution is 0.289. The van der Waals surface area contributed by atoms with Crippen molar-refractivity contribution in [1.82, 2.24) is 10.3 Å². The zero-order valence-electron chi connectivity index (χ0n) is 11.7. The second-order valence-corrected chi connectivity index (χ2v) is 5.56. The number of aromatic nitrogens is 1. The molecule has 0 aliphatic rings. The number of ether oxygens (including phenoxy) is 1. The van der Waals surface area contributed by atoms with Gasteiger partial charge in [0.05, 0.1) is 0 Å². The van der Waals surface area contributed by atoms with Crippen LogP contribution in [0.2, 0.25) is 0 Å². The molecular formula is C15H19FN2OS. The van der Waals surface area contributed by atoms with Crippen molar-refractivity contribution < 1.29 is 9.13 Å². The maximum atomic E-state index is 14.0. The lowest BCUT2D eigenvalue weighted by Crippen LogP contribution is -2.19. The van der Waals surface area contributed by atoms with Gasteiger partial charge in [-0.05, 0) is 37.6 Å². The van der Waals surface area contributed by atoms with Crippen LogP contribution in [0.4, 0.5) is 4.39 Å². The number of thiazole rings is 1. The molecule has 0 spiro atoms. The van der Waals surface area contributed by atoms with Gasteiger partial charge in [0.2, 0.25) is 0 Å². The molecule has 1 N–H and O–H groups in total. The molecule has 0 saturated carbocycles. The fraction of sp³-hybridized carbons (Fsp3) is 0.400. The summed E-state index contributed by atoms with van der Waals surface area (Å²) < 4.78 is 19.4. The Morgan fingerprint density at radius 3 is 2.95 bits per heavy atom. The summed E-state index contributed by atoms with van der Waals surface area (Å²) in [5.41, 5.74) is 0.928. The van der Waals surface area contributed by atoms with E-state index in [1.165, 1.54) is 17.4 Å². The second kappa shape index (κ2) is 7.36. The van der Waals surface area contributed by atoms with Crippen LogP contribution in [-0.2, 0) is 6.61 Å². The van der Waals surface area contributed by atoms with Gasteiger partial charge in [0, 0.05) is 17.6 Å². The molecule has 2 aromatic rings. The van der Waals surface area contributed by atoms with Crippen molar-refractivity contribution in [2.45, 2.75) is 32.9 Å². The predicted octanol–water partition coefficient (Wildman–Crippen LogP) is 3.92. The van der Waals surface area contributed by atoms with Gasteiger partial charge in [-0.15, -0.1) is 11.3 Å². The third-order valence-electron chi connectivity index (χ3n) is 2.99. The van der Waals surface area contributed by atoms with Gasteiger partial charge >= 0.3 is 0 Å². The number of benzene rings is 1. The minimum Gasteiger partial charge on any atom is -0.483 e. The monoisotopic (exact) mass is 294 g/mol. The van der Waals surface area contributed by atoms with Crippen LogP contribution < -0.4 is 10.1 Å². The highest BCUT2D eigenvalue weighted by Crippen LogP contribution is 2.23. The average molecular weight is 294 g/mol. The highest BCUT2D eigenvalue weighted by molar-refractivity contribution is 7.09. The number of halogens is 1. The highest BCUT2D eigenvalue weighted by atomic mass is 32.1. The number of rotatable bonds is 7.